The third kappa shape index (κ3) is 1.54. The summed E-state index contributed by atoms with van der Waals surface area (Å²) in [7, 11) is 0. The zero-order valence-electron chi connectivity index (χ0n) is 10.4. The Morgan fingerprint density at radius 3 is 2.40 bits per heavy atom. The van der Waals surface area contributed by atoms with Gasteiger partial charge in [-0.3, -0.25) is 4.79 Å². The molecule has 1 aliphatic heterocycles. The minimum atomic E-state index is -0.0615. The van der Waals surface area contributed by atoms with Crippen LogP contribution in [0, 0.1) is 0 Å². The van der Waals surface area contributed by atoms with Crippen molar-refractivity contribution < 1.29 is 4.79 Å². The van der Waals surface area contributed by atoms with Gasteiger partial charge in [0.05, 0.1) is 17.0 Å². The van der Waals surface area contributed by atoms with E-state index in [1.807, 2.05) is 33.7 Å². The van der Waals surface area contributed by atoms with Crippen molar-refractivity contribution >= 4 is 40.9 Å². The highest BCUT2D eigenvalue weighted by atomic mass is 32.1. The molecule has 20 heavy (non-hydrogen) atoms. The van der Waals surface area contributed by atoms with Gasteiger partial charge in [-0.15, -0.1) is 0 Å². The zero-order chi connectivity index (χ0) is 13.7. The largest absolute Gasteiger partial charge is 0.354 e. The predicted octanol–water partition coefficient (Wildman–Crippen LogP) is 2.11. The van der Waals surface area contributed by atoms with E-state index in [9.17, 15) is 4.79 Å². The molecule has 0 radical (unpaired) electrons. The van der Waals surface area contributed by atoms with Crippen LogP contribution in [0.3, 0.4) is 0 Å². The maximum atomic E-state index is 12.3. The van der Waals surface area contributed by atoms with Crippen LogP contribution in [0.25, 0.3) is 23.5 Å². The molecule has 3 aromatic heterocycles. The second-order valence-corrected chi connectivity index (χ2v) is 6.14. The number of carbonyl (C=O) groups is 1. The number of aromatic nitrogens is 1. The molecule has 0 aromatic carbocycles. The van der Waals surface area contributed by atoms with Gasteiger partial charge in [-0.25, -0.2) is 0 Å². The first kappa shape index (κ1) is 11.7. The van der Waals surface area contributed by atoms with Gasteiger partial charge in [0, 0.05) is 32.5 Å². The minimum Gasteiger partial charge on any atom is -0.354 e. The summed E-state index contributed by atoms with van der Waals surface area (Å²) in [4.78, 5) is 15.6. The number of carbonyl (C=O) groups excluding carboxylic acids is 1. The average molecular weight is 298 g/mol. The number of aromatic amines is 1. The molecule has 5 heteroatoms. The summed E-state index contributed by atoms with van der Waals surface area (Å²) in [6, 6.07) is 4.01. The number of rotatable bonds is 2. The fourth-order valence-corrected chi connectivity index (χ4v) is 3.83. The number of H-pyrrole nitrogens is 1. The summed E-state index contributed by atoms with van der Waals surface area (Å²) >= 11 is 3.22. The molecule has 2 N–H and O–H groups in total. The monoisotopic (exact) mass is 298 g/mol. The Bertz CT molecular complexity index is 902. The van der Waals surface area contributed by atoms with Gasteiger partial charge in [-0.1, -0.05) is 6.58 Å². The van der Waals surface area contributed by atoms with Crippen molar-refractivity contribution in [1.29, 1.82) is 0 Å². The maximum absolute atomic E-state index is 12.3. The minimum absolute atomic E-state index is 0.0615. The number of amides is 1. The fraction of sp³-hybridized carbons (Fsp3) is 0. The zero-order valence-corrected chi connectivity index (χ0v) is 12.0. The van der Waals surface area contributed by atoms with Gasteiger partial charge in [0.25, 0.3) is 5.91 Å². The van der Waals surface area contributed by atoms with Crippen LogP contribution in [0.5, 0.6) is 0 Å². The Hall–Kier alpha value is -2.11. The number of hydrogen-bond donors (Lipinski definition) is 2. The van der Waals surface area contributed by atoms with E-state index < -0.39 is 0 Å². The molecule has 0 unspecified atom stereocenters. The average Bonchev–Trinajstić information content (AvgIpc) is 3.17. The topological polar surface area (TPSA) is 44.9 Å². The molecule has 3 nitrogen and oxygen atoms in total. The molecular formula is C15H10N2OS2. The van der Waals surface area contributed by atoms with Crippen LogP contribution in [0.4, 0.5) is 0 Å². The lowest BCUT2D eigenvalue weighted by atomic mass is 10.1. The molecule has 0 saturated carbocycles. The third-order valence-electron chi connectivity index (χ3n) is 3.41. The number of hydrogen-bond acceptors (Lipinski definition) is 3. The van der Waals surface area contributed by atoms with E-state index in [4.69, 9.17) is 0 Å². The van der Waals surface area contributed by atoms with Gasteiger partial charge in [-0.2, -0.15) is 22.7 Å². The van der Waals surface area contributed by atoms with Gasteiger partial charge in [0.15, 0.2) is 0 Å². The first-order valence-electron chi connectivity index (χ1n) is 6.07. The summed E-state index contributed by atoms with van der Waals surface area (Å²) in [6.45, 7) is 4.06. The molecule has 0 atom stereocenters. The number of fused-ring (bicyclic) bond motifs is 1. The van der Waals surface area contributed by atoms with Crippen LogP contribution in [0.1, 0.15) is 15.9 Å². The van der Waals surface area contributed by atoms with Crippen LogP contribution in [-0.4, -0.2) is 10.9 Å². The van der Waals surface area contributed by atoms with Crippen molar-refractivity contribution in [1.82, 2.24) is 10.3 Å². The Morgan fingerprint density at radius 1 is 1.05 bits per heavy atom. The molecule has 0 saturated heterocycles. The quantitative estimate of drug-likeness (QED) is 0.748. The molecular weight excluding hydrogens is 288 g/mol. The molecule has 0 spiro atoms. The van der Waals surface area contributed by atoms with Crippen LogP contribution < -0.4 is 15.9 Å². The van der Waals surface area contributed by atoms with E-state index in [0.29, 0.717) is 5.56 Å². The first-order valence-corrected chi connectivity index (χ1v) is 7.96. The van der Waals surface area contributed by atoms with E-state index >= 15 is 0 Å². The van der Waals surface area contributed by atoms with Gasteiger partial charge in [-0.05, 0) is 22.9 Å². The Balaban J connectivity index is 2.08. The van der Waals surface area contributed by atoms with Gasteiger partial charge >= 0.3 is 0 Å². The standard InChI is InChI=1S/C15H10N2OS2/c1-8-11-12(14(16-8)10-3-5-20-7-10)15(18)17-13(11)9-2-4-19-6-9/h2-7,16H,1H2,(H,17,18). The van der Waals surface area contributed by atoms with E-state index in [-0.39, 0.29) is 5.91 Å². The van der Waals surface area contributed by atoms with E-state index in [2.05, 4.69) is 16.9 Å². The highest BCUT2D eigenvalue weighted by Gasteiger charge is 2.27. The summed E-state index contributed by atoms with van der Waals surface area (Å²) in [6.07, 6.45) is 0. The molecule has 0 aliphatic carbocycles. The Kier molecular flexibility index (Phi) is 2.45. The van der Waals surface area contributed by atoms with Crippen molar-refractivity contribution in [3.8, 4) is 11.3 Å². The Morgan fingerprint density at radius 2 is 1.75 bits per heavy atom. The lowest BCUT2D eigenvalue weighted by molar-refractivity contribution is 0.0979. The van der Waals surface area contributed by atoms with Crippen molar-refractivity contribution in [2.24, 2.45) is 0 Å². The second kappa shape index (κ2) is 4.19. The lowest BCUT2D eigenvalue weighted by Gasteiger charge is -2.01. The summed E-state index contributed by atoms with van der Waals surface area (Å²) in [5.74, 6) is -0.0615. The fourth-order valence-electron chi connectivity index (χ4n) is 2.54. The SMILES string of the molecule is C=c1[nH]c(-c2ccsc2)c2c1=C(c1ccsc1)NC2=O. The first-order chi connectivity index (χ1) is 9.75. The van der Waals surface area contributed by atoms with Gasteiger partial charge < -0.3 is 10.3 Å². The molecule has 1 aliphatic rings. The Labute approximate surface area is 122 Å². The molecule has 0 bridgehead atoms. The van der Waals surface area contributed by atoms with Crippen molar-refractivity contribution in [3.63, 3.8) is 0 Å². The van der Waals surface area contributed by atoms with E-state index in [1.165, 1.54) is 0 Å². The van der Waals surface area contributed by atoms with Gasteiger partial charge in [0.1, 0.15) is 0 Å². The molecule has 4 heterocycles. The van der Waals surface area contributed by atoms with Crippen LogP contribution >= 0.6 is 22.7 Å². The smallest absolute Gasteiger partial charge is 0.258 e. The molecule has 4 rings (SSSR count). The van der Waals surface area contributed by atoms with Crippen LogP contribution in [-0.2, 0) is 0 Å². The third-order valence-corrected chi connectivity index (χ3v) is 4.78. The molecule has 98 valence electrons. The van der Waals surface area contributed by atoms with Crippen molar-refractivity contribution in [3.05, 3.63) is 55.3 Å². The molecule has 1 amide bonds. The summed E-state index contributed by atoms with van der Waals surface area (Å²) in [5.41, 5.74) is 4.48. The van der Waals surface area contributed by atoms with Crippen LogP contribution in [0.2, 0.25) is 0 Å². The highest BCUT2D eigenvalue weighted by molar-refractivity contribution is 7.08. The lowest BCUT2D eigenvalue weighted by Crippen LogP contribution is -2.24. The van der Waals surface area contributed by atoms with Crippen LogP contribution in [0.15, 0.2) is 33.7 Å². The van der Waals surface area contributed by atoms with Crippen molar-refractivity contribution in [2.45, 2.75) is 0 Å². The maximum Gasteiger partial charge on any atom is 0.258 e. The predicted molar refractivity (Wildman–Crippen MR) is 83.2 cm³/mol. The van der Waals surface area contributed by atoms with Gasteiger partial charge in [0.2, 0.25) is 0 Å². The second-order valence-electron chi connectivity index (χ2n) is 4.58. The normalized spacial score (nSPS) is 13.6. The number of nitrogens with one attached hydrogen (secondary N) is 2. The van der Waals surface area contributed by atoms with Crippen molar-refractivity contribution in [2.75, 3.05) is 0 Å². The van der Waals surface area contributed by atoms with E-state index in [0.717, 1.165) is 33.1 Å². The highest BCUT2D eigenvalue weighted by Crippen LogP contribution is 2.25. The number of thiophene rings is 2. The summed E-state index contributed by atoms with van der Waals surface area (Å²) < 4.78 is 0. The molecule has 0 fully saturated rings. The summed E-state index contributed by atoms with van der Waals surface area (Å²) in [5, 5.41) is 12.7. The van der Waals surface area contributed by atoms with E-state index in [1.54, 1.807) is 22.7 Å². The molecule has 3 aromatic rings.